The first-order valence-corrected chi connectivity index (χ1v) is 17.7. The van der Waals surface area contributed by atoms with Crippen LogP contribution in [0.4, 0.5) is 4.79 Å². The predicted octanol–water partition coefficient (Wildman–Crippen LogP) is 4.50. The Balaban J connectivity index is 1.61. The van der Waals surface area contributed by atoms with E-state index < -0.39 is 36.0 Å². The minimum Gasteiger partial charge on any atom is -0.445 e. The number of nitrogens with two attached hydrogens (primary N) is 2. The molecular formula is C40H53N7O5. The Labute approximate surface area is 306 Å². The van der Waals surface area contributed by atoms with E-state index in [1.807, 2.05) is 113 Å². The van der Waals surface area contributed by atoms with E-state index in [9.17, 15) is 19.2 Å². The van der Waals surface area contributed by atoms with Gasteiger partial charge in [-0.1, -0.05) is 113 Å². The molecule has 0 saturated heterocycles. The molecule has 0 heterocycles. The zero-order chi connectivity index (χ0) is 37.9. The summed E-state index contributed by atoms with van der Waals surface area (Å²) in [6.45, 7) is 8.23. The summed E-state index contributed by atoms with van der Waals surface area (Å²) in [4.78, 5) is 56.6. The highest BCUT2D eigenvalue weighted by Crippen LogP contribution is 2.19. The number of carbonyl (C=O) groups is 4. The van der Waals surface area contributed by atoms with E-state index in [0.29, 0.717) is 12.8 Å². The fraction of sp³-hybridized carbons (Fsp3) is 0.375. The van der Waals surface area contributed by atoms with Crippen molar-refractivity contribution in [3.63, 3.8) is 0 Å². The second-order valence-corrected chi connectivity index (χ2v) is 13.3. The Bertz CT molecular complexity index is 1620. The van der Waals surface area contributed by atoms with Gasteiger partial charge in [0.05, 0.1) is 0 Å². The lowest BCUT2D eigenvalue weighted by molar-refractivity contribution is -0.131. The summed E-state index contributed by atoms with van der Waals surface area (Å²) in [7, 11) is 0. The molecule has 12 nitrogen and oxygen atoms in total. The number of aliphatic imine (C=N–C) groups is 1. The van der Waals surface area contributed by atoms with E-state index in [2.05, 4.69) is 26.3 Å². The van der Waals surface area contributed by atoms with Crippen molar-refractivity contribution in [2.45, 2.75) is 71.7 Å². The van der Waals surface area contributed by atoms with Crippen LogP contribution in [0.15, 0.2) is 96.0 Å². The monoisotopic (exact) mass is 711 g/mol. The van der Waals surface area contributed by atoms with Crippen molar-refractivity contribution in [3.05, 3.63) is 102 Å². The average Bonchev–Trinajstić information content (AvgIpc) is 3.13. The Morgan fingerprint density at radius 2 is 1.38 bits per heavy atom. The van der Waals surface area contributed by atoms with Crippen LogP contribution in [0.1, 0.15) is 58.1 Å². The number of benzene rings is 3. The first-order valence-electron chi connectivity index (χ1n) is 17.7. The highest BCUT2D eigenvalue weighted by molar-refractivity contribution is 5.92. The largest absolute Gasteiger partial charge is 0.445 e. The van der Waals surface area contributed by atoms with Gasteiger partial charge in [0.25, 0.3) is 0 Å². The van der Waals surface area contributed by atoms with Gasteiger partial charge in [0.1, 0.15) is 18.7 Å². The predicted molar refractivity (Wildman–Crippen MR) is 206 cm³/mol. The van der Waals surface area contributed by atoms with Crippen LogP contribution in [-0.2, 0) is 25.7 Å². The molecular weight excluding hydrogens is 658 g/mol. The molecule has 0 aliphatic rings. The van der Waals surface area contributed by atoms with Gasteiger partial charge >= 0.3 is 6.09 Å². The Kier molecular flexibility index (Phi) is 16.9. The van der Waals surface area contributed by atoms with Gasteiger partial charge in [-0.3, -0.25) is 19.4 Å². The van der Waals surface area contributed by atoms with E-state index >= 15 is 0 Å². The summed E-state index contributed by atoms with van der Waals surface area (Å²) in [5.74, 6) is -1.28. The first-order chi connectivity index (χ1) is 24.9. The molecule has 0 bridgehead atoms. The molecule has 4 amide bonds. The maximum absolute atomic E-state index is 13.6. The third kappa shape index (κ3) is 15.1. The molecule has 3 rings (SSSR count). The van der Waals surface area contributed by atoms with Crippen molar-refractivity contribution in [2.24, 2.45) is 28.3 Å². The standard InChI is InChI=1S/C40H53N7O5/c1-27(2)24-34(45-37(49)33(16-11-23-43-39(41)42)47-40(51)52-26-30-12-7-5-8-13-30)38(50)46-35(28(3)4)25-44-36(48)22-19-29-17-20-32(21-18-29)31-14-9-6-10-15-31/h5-10,12-15,17-22,27-28,33-35H,11,16,23-26H2,1-4H3,(H,44,48)(H,45,49)(H,46,50)(H,47,51)(H4,41,42,43)/b22-19+/t33-,34-,35+/m0/s1. The third-order valence-electron chi connectivity index (χ3n) is 8.18. The van der Waals surface area contributed by atoms with Crippen LogP contribution in [0.3, 0.4) is 0 Å². The van der Waals surface area contributed by atoms with E-state index in [1.54, 1.807) is 6.08 Å². The van der Waals surface area contributed by atoms with Crippen molar-refractivity contribution in [2.75, 3.05) is 13.1 Å². The first kappa shape index (κ1) is 40.8. The lowest BCUT2D eigenvalue weighted by Crippen LogP contribution is -2.57. The summed E-state index contributed by atoms with van der Waals surface area (Å²) in [6.07, 6.45) is 3.36. The normalized spacial score (nSPS) is 12.8. The van der Waals surface area contributed by atoms with Crippen LogP contribution in [0.5, 0.6) is 0 Å². The van der Waals surface area contributed by atoms with Crippen molar-refractivity contribution in [3.8, 4) is 11.1 Å². The van der Waals surface area contributed by atoms with Gasteiger partial charge < -0.3 is 37.5 Å². The maximum atomic E-state index is 13.6. The molecule has 3 atom stereocenters. The quantitative estimate of drug-likeness (QED) is 0.0457. The van der Waals surface area contributed by atoms with Gasteiger partial charge in [-0.05, 0) is 59.4 Å². The maximum Gasteiger partial charge on any atom is 0.408 e. The van der Waals surface area contributed by atoms with Gasteiger partial charge in [0.15, 0.2) is 5.96 Å². The Morgan fingerprint density at radius 3 is 2.00 bits per heavy atom. The molecule has 52 heavy (non-hydrogen) atoms. The summed E-state index contributed by atoms with van der Waals surface area (Å²) in [5, 5.41) is 11.4. The molecule has 0 aromatic heterocycles. The van der Waals surface area contributed by atoms with Gasteiger partial charge in [-0.25, -0.2) is 4.79 Å². The van der Waals surface area contributed by atoms with Gasteiger partial charge in [0.2, 0.25) is 17.7 Å². The summed E-state index contributed by atoms with van der Waals surface area (Å²) < 4.78 is 5.34. The second kappa shape index (κ2) is 21.5. The molecule has 0 spiro atoms. The fourth-order valence-electron chi connectivity index (χ4n) is 5.25. The molecule has 0 aliphatic heterocycles. The lowest BCUT2D eigenvalue weighted by atomic mass is 9.99. The second-order valence-electron chi connectivity index (χ2n) is 13.3. The number of amides is 4. The number of rotatable bonds is 19. The Hall–Kier alpha value is -5.65. The average molecular weight is 712 g/mol. The van der Waals surface area contributed by atoms with Gasteiger partial charge in [0, 0.05) is 25.2 Å². The van der Waals surface area contributed by atoms with Crippen molar-refractivity contribution in [1.82, 2.24) is 21.3 Å². The minimum atomic E-state index is -1.01. The number of hydrogen-bond acceptors (Lipinski definition) is 6. The topological polar surface area (TPSA) is 190 Å². The van der Waals surface area contributed by atoms with Gasteiger partial charge in [-0.15, -0.1) is 0 Å². The number of nitrogens with one attached hydrogen (secondary N) is 4. The van der Waals surface area contributed by atoms with Crippen LogP contribution in [0, 0.1) is 11.8 Å². The molecule has 0 unspecified atom stereocenters. The van der Waals surface area contributed by atoms with Gasteiger partial charge in [-0.2, -0.15) is 0 Å². The molecule has 278 valence electrons. The fourth-order valence-corrected chi connectivity index (χ4v) is 5.25. The summed E-state index contributed by atoms with van der Waals surface area (Å²) in [5.41, 5.74) is 14.7. The van der Waals surface area contributed by atoms with Crippen LogP contribution < -0.4 is 32.7 Å². The summed E-state index contributed by atoms with van der Waals surface area (Å²) >= 11 is 0. The third-order valence-corrected chi connectivity index (χ3v) is 8.18. The highest BCUT2D eigenvalue weighted by Gasteiger charge is 2.29. The SMILES string of the molecule is CC(C)C[C@H](NC(=O)[C@H](CCCN=C(N)N)NC(=O)OCc1ccccc1)C(=O)N[C@H](CNC(=O)/C=C/c1ccc(-c2ccccc2)cc1)C(C)C. The molecule has 3 aromatic rings. The van der Waals surface area contributed by atoms with E-state index in [-0.39, 0.29) is 49.8 Å². The van der Waals surface area contributed by atoms with E-state index in [0.717, 1.165) is 22.3 Å². The number of carbonyl (C=O) groups excluding carboxylic acids is 4. The minimum absolute atomic E-state index is 0.0260. The molecule has 12 heteroatoms. The molecule has 8 N–H and O–H groups in total. The zero-order valence-corrected chi connectivity index (χ0v) is 30.5. The lowest BCUT2D eigenvalue weighted by Gasteiger charge is -2.28. The van der Waals surface area contributed by atoms with Crippen LogP contribution in [-0.4, -0.2) is 61.0 Å². The molecule has 3 aromatic carbocycles. The molecule has 0 fully saturated rings. The van der Waals surface area contributed by atoms with Crippen molar-refractivity contribution >= 4 is 35.9 Å². The summed E-state index contributed by atoms with van der Waals surface area (Å²) in [6, 6.07) is 24.8. The van der Waals surface area contributed by atoms with Crippen molar-refractivity contribution < 1.29 is 23.9 Å². The molecule has 0 radical (unpaired) electrons. The number of guanidine groups is 1. The van der Waals surface area contributed by atoms with E-state index in [4.69, 9.17) is 16.2 Å². The smallest absolute Gasteiger partial charge is 0.408 e. The number of ether oxygens (including phenoxy) is 1. The van der Waals surface area contributed by atoms with Crippen molar-refractivity contribution in [1.29, 1.82) is 0 Å². The number of nitrogens with zero attached hydrogens (tertiary/aromatic N) is 1. The highest BCUT2D eigenvalue weighted by atomic mass is 16.5. The zero-order valence-electron chi connectivity index (χ0n) is 30.5. The number of alkyl carbamates (subject to hydrolysis) is 1. The Morgan fingerprint density at radius 1 is 0.769 bits per heavy atom. The molecule has 0 saturated carbocycles. The number of hydrogen-bond donors (Lipinski definition) is 6. The van der Waals surface area contributed by atoms with Crippen LogP contribution in [0.25, 0.3) is 17.2 Å². The van der Waals surface area contributed by atoms with Crippen LogP contribution in [0.2, 0.25) is 0 Å². The van der Waals surface area contributed by atoms with Crippen LogP contribution >= 0.6 is 0 Å². The molecule has 0 aliphatic carbocycles. The van der Waals surface area contributed by atoms with E-state index in [1.165, 1.54) is 6.08 Å².